The maximum Gasteiger partial charge on any atom is 0.260 e. The van der Waals surface area contributed by atoms with Crippen molar-refractivity contribution in [2.75, 3.05) is 31.1 Å². The van der Waals surface area contributed by atoms with Crippen molar-refractivity contribution in [3.05, 3.63) is 53.6 Å². The van der Waals surface area contributed by atoms with Crippen LogP contribution in [0.25, 0.3) is 10.2 Å². The van der Waals surface area contributed by atoms with Gasteiger partial charge < -0.3 is 9.64 Å². The van der Waals surface area contributed by atoms with E-state index >= 15 is 0 Å². The fraction of sp³-hybridized carbons (Fsp3) is 0.391. The standard InChI is InChI=1S/C23H27F2N3O2S/c1-5-27(6-2)11-12-28(22(29)16-7-9-18(10-8-16)30-15(3)4)23-26-21-19(25)13-17(24)14-20(21)31-23/h7-10,13-15H,5-6,11-12H2,1-4H3. The minimum atomic E-state index is -0.733. The molecule has 0 bridgehead atoms. The molecule has 0 spiro atoms. The molecule has 31 heavy (non-hydrogen) atoms. The number of anilines is 1. The van der Waals surface area contributed by atoms with E-state index in [9.17, 15) is 13.6 Å². The molecule has 0 fully saturated rings. The second-order valence-corrected chi connectivity index (χ2v) is 8.41. The van der Waals surface area contributed by atoms with Crippen LogP contribution >= 0.6 is 11.3 Å². The first-order valence-electron chi connectivity index (χ1n) is 10.4. The Hall–Kier alpha value is -2.58. The number of fused-ring (bicyclic) bond motifs is 1. The second kappa shape index (κ2) is 10.2. The first kappa shape index (κ1) is 23.1. The third kappa shape index (κ3) is 5.57. The Balaban J connectivity index is 1.94. The number of hydrogen-bond acceptors (Lipinski definition) is 5. The number of hydrogen-bond donors (Lipinski definition) is 0. The number of carbonyl (C=O) groups is 1. The van der Waals surface area contributed by atoms with Gasteiger partial charge in [0.15, 0.2) is 10.9 Å². The molecule has 0 saturated carbocycles. The summed E-state index contributed by atoms with van der Waals surface area (Å²) >= 11 is 1.11. The first-order chi connectivity index (χ1) is 14.8. The average Bonchev–Trinajstić information content (AvgIpc) is 3.15. The van der Waals surface area contributed by atoms with E-state index in [1.54, 1.807) is 29.2 Å². The minimum absolute atomic E-state index is 0.0326. The van der Waals surface area contributed by atoms with E-state index in [4.69, 9.17) is 4.74 Å². The van der Waals surface area contributed by atoms with E-state index in [0.717, 1.165) is 30.5 Å². The van der Waals surface area contributed by atoms with E-state index < -0.39 is 11.6 Å². The number of amides is 1. The molecule has 1 amide bonds. The van der Waals surface area contributed by atoms with Crippen LogP contribution in [0.1, 0.15) is 38.1 Å². The summed E-state index contributed by atoms with van der Waals surface area (Å²) in [7, 11) is 0. The van der Waals surface area contributed by atoms with E-state index in [1.165, 1.54) is 6.07 Å². The zero-order chi connectivity index (χ0) is 22.5. The van der Waals surface area contributed by atoms with Crippen LogP contribution < -0.4 is 9.64 Å². The summed E-state index contributed by atoms with van der Waals surface area (Å²) in [6.07, 6.45) is 0.0326. The number of likely N-dealkylation sites (N-methyl/N-ethyl adjacent to an activating group) is 1. The van der Waals surface area contributed by atoms with E-state index in [1.807, 2.05) is 13.8 Å². The molecular formula is C23H27F2N3O2S. The van der Waals surface area contributed by atoms with Crippen LogP contribution in [-0.2, 0) is 0 Å². The number of rotatable bonds is 9. The highest BCUT2D eigenvalue weighted by atomic mass is 32.1. The predicted octanol–water partition coefficient (Wildman–Crippen LogP) is 5.35. The summed E-state index contributed by atoms with van der Waals surface area (Å²) in [6, 6.07) is 8.97. The number of nitrogens with zero attached hydrogens (tertiary/aromatic N) is 3. The van der Waals surface area contributed by atoms with Crippen molar-refractivity contribution >= 4 is 32.6 Å². The van der Waals surface area contributed by atoms with Crippen molar-refractivity contribution in [2.24, 2.45) is 0 Å². The van der Waals surface area contributed by atoms with Gasteiger partial charge in [0.2, 0.25) is 0 Å². The second-order valence-electron chi connectivity index (χ2n) is 7.41. The van der Waals surface area contributed by atoms with Crippen LogP contribution in [0, 0.1) is 11.6 Å². The molecule has 0 radical (unpaired) electrons. The molecule has 1 heterocycles. The van der Waals surface area contributed by atoms with E-state index in [0.29, 0.717) is 34.2 Å². The quantitative estimate of drug-likeness (QED) is 0.444. The SMILES string of the molecule is CCN(CC)CCN(C(=O)c1ccc(OC(C)C)cc1)c1nc2c(F)cc(F)cc2s1. The first-order valence-corrected chi connectivity index (χ1v) is 11.2. The Bertz CT molecular complexity index is 1030. The molecule has 3 rings (SSSR count). The molecule has 1 aromatic heterocycles. The highest BCUT2D eigenvalue weighted by Crippen LogP contribution is 2.32. The number of ether oxygens (including phenoxy) is 1. The van der Waals surface area contributed by atoms with Crippen molar-refractivity contribution in [2.45, 2.75) is 33.8 Å². The topological polar surface area (TPSA) is 45.7 Å². The molecular weight excluding hydrogens is 420 g/mol. The van der Waals surface area contributed by atoms with Gasteiger partial charge in [0.25, 0.3) is 5.91 Å². The van der Waals surface area contributed by atoms with Gasteiger partial charge in [0.1, 0.15) is 17.1 Å². The van der Waals surface area contributed by atoms with Gasteiger partial charge >= 0.3 is 0 Å². The molecule has 5 nitrogen and oxygen atoms in total. The van der Waals surface area contributed by atoms with Gasteiger partial charge in [0, 0.05) is 24.7 Å². The number of halogens is 2. The normalized spacial score (nSPS) is 11.5. The number of thiazole rings is 1. The molecule has 166 valence electrons. The van der Waals surface area contributed by atoms with Crippen LogP contribution in [0.3, 0.4) is 0 Å². The molecule has 2 aromatic carbocycles. The number of benzene rings is 2. The largest absolute Gasteiger partial charge is 0.491 e. The summed E-state index contributed by atoms with van der Waals surface area (Å²) < 4.78 is 33.9. The van der Waals surface area contributed by atoms with Gasteiger partial charge in [-0.2, -0.15) is 0 Å². The van der Waals surface area contributed by atoms with Crippen LogP contribution in [0.15, 0.2) is 36.4 Å². The highest BCUT2D eigenvalue weighted by Gasteiger charge is 2.23. The van der Waals surface area contributed by atoms with Crippen LogP contribution in [0.2, 0.25) is 0 Å². The van der Waals surface area contributed by atoms with Crippen LogP contribution in [0.5, 0.6) is 5.75 Å². The number of aromatic nitrogens is 1. The zero-order valence-corrected chi connectivity index (χ0v) is 19.0. The van der Waals surface area contributed by atoms with Gasteiger partial charge in [-0.15, -0.1) is 0 Å². The average molecular weight is 448 g/mol. The van der Waals surface area contributed by atoms with Gasteiger partial charge in [-0.05, 0) is 57.3 Å². The smallest absolute Gasteiger partial charge is 0.260 e. The third-order valence-electron chi connectivity index (χ3n) is 4.89. The molecule has 0 N–H and O–H groups in total. The zero-order valence-electron chi connectivity index (χ0n) is 18.2. The lowest BCUT2D eigenvalue weighted by Crippen LogP contribution is -2.38. The maximum absolute atomic E-state index is 14.2. The van der Waals surface area contributed by atoms with Crippen molar-refractivity contribution in [1.29, 1.82) is 0 Å². The molecule has 0 aliphatic carbocycles. The Labute approximate surface area is 185 Å². The van der Waals surface area contributed by atoms with Gasteiger partial charge in [-0.3, -0.25) is 9.69 Å². The molecule has 3 aromatic rings. The molecule has 0 atom stereocenters. The summed E-state index contributed by atoms with van der Waals surface area (Å²) in [5.74, 6) is -0.965. The number of carbonyl (C=O) groups excluding carboxylic acids is 1. The fourth-order valence-electron chi connectivity index (χ4n) is 3.23. The molecule has 0 saturated heterocycles. The maximum atomic E-state index is 14.2. The van der Waals surface area contributed by atoms with Gasteiger partial charge in [-0.25, -0.2) is 13.8 Å². The van der Waals surface area contributed by atoms with E-state index in [-0.39, 0.29) is 17.5 Å². The summed E-state index contributed by atoms with van der Waals surface area (Å²) in [6.45, 7) is 10.7. The highest BCUT2D eigenvalue weighted by molar-refractivity contribution is 7.22. The Morgan fingerprint density at radius 2 is 1.77 bits per heavy atom. The van der Waals surface area contributed by atoms with Crippen molar-refractivity contribution in [3.63, 3.8) is 0 Å². The third-order valence-corrected chi connectivity index (χ3v) is 5.91. The van der Waals surface area contributed by atoms with E-state index in [2.05, 4.69) is 23.7 Å². The lowest BCUT2D eigenvalue weighted by molar-refractivity contribution is 0.0983. The predicted molar refractivity (Wildman–Crippen MR) is 121 cm³/mol. The monoisotopic (exact) mass is 447 g/mol. The van der Waals surface area contributed by atoms with Crippen molar-refractivity contribution < 1.29 is 18.3 Å². The van der Waals surface area contributed by atoms with Crippen molar-refractivity contribution in [3.8, 4) is 5.75 Å². The Morgan fingerprint density at radius 3 is 2.39 bits per heavy atom. The summed E-state index contributed by atoms with van der Waals surface area (Å²) in [5, 5.41) is 0.346. The molecule has 8 heteroatoms. The van der Waals surface area contributed by atoms with Crippen LogP contribution in [0.4, 0.5) is 13.9 Å². The molecule has 0 aliphatic rings. The summed E-state index contributed by atoms with van der Waals surface area (Å²) in [4.78, 5) is 21.4. The van der Waals surface area contributed by atoms with Crippen molar-refractivity contribution in [1.82, 2.24) is 9.88 Å². The molecule has 0 aliphatic heterocycles. The fourth-order valence-corrected chi connectivity index (χ4v) is 4.26. The lowest BCUT2D eigenvalue weighted by Gasteiger charge is -2.24. The minimum Gasteiger partial charge on any atom is -0.491 e. The lowest BCUT2D eigenvalue weighted by atomic mass is 10.2. The van der Waals surface area contributed by atoms with Crippen LogP contribution in [-0.4, -0.2) is 48.1 Å². The Kier molecular flexibility index (Phi) is 7.56. The summed E-state index contributed by atoms with van der Waals surface area (Å²) in [5.41, 5.74) is 0.546. The van der Waals surface area contributed by atoms with Gasteiger partial charge in [0.05, 0.1) is 10.8 Å². The molecule has 0 unspecified atom stereocenters. The van der Waals surface area contributed by atoms with Gasteiger partial charge in [-0.1, -0.05) is 25.2 Å². The Morgan fingerprint density at radius 1 is 1.10 bits per heavy atom.